The van der Waals surface area contributed by atoms with Gasteiger partial charge in [-0.2, -0.15) is 0 Å². The van der Waals surface area contributed by atoms with Crippen LogP contribution >= 0.6 is 0 Å². The standard InChI is InChI=1S/C16H13O4/c1-11-6-3-4-8-13(11)20-16(18)15-12(2)7-5-9-14(15)19-10-17/h3-9H,1-2H3. The molecule has 0 spiro atoms. The van der Waals surface area contributed by atoms with Crippen molar-refractivity contribution in [2.45, 2.75) is 13.8 Å². The van der Waals surface area contributed by atoms with Crippen molar-refractivity contribution in [3.8, 4) is 11.5 Å². The van der Waals surface area contributed by atoms with E-state index >= 15 is 0 Å². The highest BCUT2D eigenvalue weighted by atomic mass is 16.5. The van der Waals surface area contributed by atoms with Crippen LogP contribution in [0.25, 0.3) is 0 Å². The molecular formula is C16H13O4. The Morgan fingerprint density at radius 2 is 1.60 bits per heavy atom. The normalized spacial score (nSPS) is 9.90. The predicted octanol–water partition coefficient (Wildman–Crippen LogP) is 2.97. The lowest BCUT2D eigenvalue weighted by Crippen LogP contribution is -2.13. The average Bonchev–Trinajstić information content (AvgIpc) is 2.42. The van der Waals surface area contributed by atoms with Crippen LogP contribution in [0.3, 0.4) is 0 Å². The molecule has 0 aliphatic carbocycles. The topological polar surface area (TPSA) is 52.6 Å². The second kappa shape index (κ2) is 6.02. The number of para-hydroxylation sites is 1. The molecule has 2 aromatic rings. The first-order valence-corrected chi connectivity index (χ1v) is 6.05. The van der Waals surface area contributed by atoms with E-state index in [1.165, 1.54) is 12.5 Å². The summed E-state index contributed by atoms with van der Waals surface area (Å²) in [6, 6.07) is 12.1. The lowest BCUT2D eigenvalue weighted by Gasteiger charge is -2.11. The zero-order valence-corrected chi connectivity index (χ0v) is 11.2. The van der Waals surface area contributed by atoms with Gasteiger partial charge in [0.2, 0.25) is 0 Å². The summed E-state index contributed by atoms with van der Waals surface area (Å²) in [6.07, 6.45) is 0. The molecule has 1 radical (unpaired) electrons. The molecular weight excluding hydrogens is 256 g/mol. The van der Waals surface area contributed by atoms with E-state index in [2.05, 4.69) is 0 Å². The first-order chi connectivity index (χ1) is 9.63. The zero-order valence-electron chi connectivity index (χ0n) is 11.2. The van der Waals surface area contributed by atoms with Crippen LogP contribution in [0, 0.1) is 13.8 Å². The predicted molar refractivity (Wildman–Crippen MR) is 73.6 cm³/mol. The highest BCUT2D eigenvalue weighted by molar-refractivity contribution is 5.96. The number of hydrogen-bond donors (Lipinski definition) is 0. The van der Waals surface area contributed by atoms with Gasteiger partial charge < -0.3 is 9.47 Å². The summed E-state index contributed by atoms with van der Waals surface area (Å²) in [7, 11) is 0. The Balaban J connectivity index is 2.34. The smallest absolute Gasteiger partial charge is 0.423 e. The quantitative estimate of drug-likeness (QED) is 0.632. The van der Waals surface area contributed by atoms with E-state index < -0.39 is 5.97 Å². The van der Waals surface area contributed by atoms with Gasteiger partial charge in [0.15, 0.2) is 0 Å². The second-order valence-electron chi connectivity index (χ2n) is 4.29. The summed E-state index contributed by atoms with van der Waals surface area (Å²) >= 11 is 0. The van der Waals surface area contributed by atoms with Crippen LogP contribution in [0.1, 0.15) is 21.5 Å². The second-order valence-corrected chi connectivity index (χ2v) is 4.29. The fraction of sp³-hybridized carbons (Fsp3) is 0.125. The minimum absolute atomic E-state index is 0.138. The largest absolute Gasteiger partial charge is 0.423 e. The molecule has 2 rings (SSSR count). The summed E-state index contributed by atoms with van der Waals surface area (Å²) in [5.74, 6) is 0.0445. The van der Waals surface area contributed by atoms with Crippen LogP contribution in [0.2, 0.25) is 0 Å². The lowest BCUT2D eigenvalue weighted by atomic mass is 10.1. The van der Waals surface area contributed by atoms with E-state index in [4.69, 9.17) is 9.47 Å². The maximum atomic E-state index is 12.3. The van der Waals surface area contributed by atoms with Crippen molar-refractivity contribution in [1.29, 1.82) is 0 Å². The van der Waals surface area contributed by atoms with Gasteiger partial charge >= 0.3 is 12.4 Å². The number of aryl methyl sites for hydroxylation is 2. The molecule has 4 nitrogen and oxygen atoms in total. The van der Waals surface area contributed by atoms with E-state index in [9.17, 15) is 9.59 Å². The summed E-state index contributed by atoms with van der Waals surface area (Å²) in [4.78, 5) is 22.6. The van der Waals surface area contributed by atoms with Gasteiger partial charge in [-0.3, -0.25) is 0 Å². The summed E-state index contributed by atoms with van der Waals surface area (Å²) in [5.41, 5.74) is 1.73. The Bertz CT molecular complexity index is 647. The fourth-order valence-electron chi connectivity index (χ4n) is 1.85. The Morgan fingerprint density at radius 1 is 0.950 bits per heavy atom. The Labute approximate surface area is 116 Å². The Kier molecular flexibility index (Phi) is 4.15. The van der Waals surface area contributed by atoms with Crippen molar-refractivity contribution >= 4 is 12.4 Å². The highest BCUT2D eigenvalue weighted by Gasteiger charge is 2.18. The van der Waals surface area contributed by atoms with Gasteiger partial charge in [-0.15, -0.1) is 0 Å². The minimum atomic E-state index is -0.567. The molecule has 101 valence electrons. The van der Waals surface area contributed by atoms with E-state index in [0.29, 0.717) is 11.3 Å². The highest BCUT2D eigenvalue weighted by Crippen LogP contribution is 2.25. The van der Waals surface area contributed by atoms with Gasteiger partial charge in [0, 0.05) is 0 Å². The molecule has 0 fully saturated rings. The lowest BCUT2D eigenvalue weighted by molar-refractivity contribution is 0.0730. The van der Waals surface area contributed by atoms with Gasteiger partial charge in [0.05, 0.1) is 0 Å². The van der Waals surface area contributed by atoms with E-state index in [0.717, 1.165) is 5.56 Å². The van der Waals surface area contributed by atoms with E-state index in [1.54, 1.807) is 31.2 Å². The first kappa shape index (κ1) is 13.8. The van der Waals surface area contributed by atoms with Crippen LogP contribution < -0.4 is 9.47 Å². The number of carbonyl (C=O) groups is 1. The number of esters is 1. The number of benzene rings is 2. The third-order valence-corrected chi connectivity index (χ3v) is 2.89. The van der Waals surface area contributed by atoms with Crippen molar-refractivity contribution in [1.82, 2.24) is 0 Å². The van der Waals surface area contributed by atoms with Crippen LogP contribution in [0.15, 0.2) is 42.5 Å². The molecule has 0 heterocycles. The minimum Gasteiger partial charge on any atom is -0.423 e. The molecule has 0 N–H and O–H groups in total. The van der Waals surface area contributed by atoms with E-state index in [-0.39, 0.29) is 11.3 Å². The number of rotatable bonds is 4. The van der Waals surface area contributed by atoms with Crippen molar-refractivity contribution in [2.75, 3.05) is 0 Å². The summed E-state index contributed by atoms with van der Waals surface area (Å²) < 4.78 is 10.1. The fourth-order valence-corrected chi connectivity index (χ4v) is 1.85. The maximum absolute atomic E-state index is 12.3. The Hall–Kier alpha value is -2.62. The maximum Gasteiger partial charge on any atom is 0.423 e. The van der Waals surface area contributed by atoms with E-state index in [1.807, 2.05) is 19.1 Å². The molecule has 0 atom stereocenters. The summed E-state index contributed by atoms with van der Waals surface area (Å²) in [6.45, 7) is 4.91. The SMILES string of the molecule is Cc1ccccc1OC(=O)c1c(C)cccc1O[C]=O. The van der Waals surface area contributed by atoms with Crippen molar-refractivity contribution < 1.29 is 19.1 Å². The molecule has 0 bridgehead atoms. The number of hydrogen-bond acceptors (Lipinski definition) is 4. The van der Waals surface area contributed by atoms with Crippen LogP contribution in [0.4, 0.5) is 0 Å². The molecule has 0 saturated heterocycles. The van der Waals surface area contributed by atoms with Crippen LogP contribution in [0.5, 0.6) is 11.5 Å². The van der Waals surface area contributed by atoms with Crippen molar-refractivity contribution in [2.24, 2.45) is 0 Å². The molecule has 0 aliphatic heterocycles. The third-order valence-electron chi connectivity index (χ3n) is 2.89. The van der Waals surface area contributed by atoms with Gasteiger partial charge in [0.25, 0.3) is 0 Å². The molecule has 0 saturated carbocycles. The zero-order chi connectivity index (χ0) is 14.5. The molecule has 0 aliphatic rings. The van der Waals surface area contributed by atoms with Crippen molar-refractivity contribution in [3.63, 3.8) is 0 Å². The van der Waals surface area contributed by atoms with Gasteiger partial charge in [0.1, 0.15) is 17.1 Å². The number of ether oxygens (including phenoxy) is 2. The first-order valence-electron chi connectivity index (χ1n) is 6.05. The van der Waals surface area contributed by atoms with Gasteiger partial charge in [-0.1, -0.05) is 30.3 Å². The molecule has 20 heavy (non-hydrogen) atoms. The molecule has 4 heteroatoms. The molecule has 0 unspecified atom stereocenters. The van der Waals surface area contributed by atoms with Crippen LogP contribution in [-0.2, 0) is 4.79 Å². The average molecular weight is 269 g/mol. The van der Waals surface area contributed by atoms with Gasteiger partial charge in [-0.25, -0.2) is 9.59 Å². The number of carbonyl (C=O) groups excluding carboxylic acids is 2. The molecule has 0 amide bonds. The van der Waals surface area contributed by atoms with Crippen LogP contribution in [-0.4, -0.2) is 12.4 Å². The third kappa shape index (κ3) is 2.85. The molecule has 0 aromatic heterocycles. The molecule has 2 aromatic carbocycles. The van der Waals surface area contributed by atoms with Crippen molar-refractivity contribution in [3.05, 3.63) is 59.2 Å². The van der Waals surface area contributed by atoms with Gasteiger partial charge in [-0.05, 0) is 37.1 Å². The Morgan fingerprint density at radius 3 is 2.30 bits per heavy atom. The summed E-state index contributed by atoms with van der Waals surface area (Å²) in [5, 5.41) is 0. The monoisotopic (exact) mass is 269 g/mol.